The fourth-order valence-electron chi connectivity index (χ4n) is 1.56. The van der Waals surface area contributed by atoms with Crippen LogP contribution in [0.1, 0.15) is 25.3 Å². The standard InChI is InChI=1S/C14H18N2O/c1-3-11-6-5-7-13(8-11)16-14(17)9-12(4-2)10-15/h1,5-8,12H,4,9-10,15H2,2H3,(H,16,17). The third-order valence-electron chi connectivity index (χ3n) is 2.70. The van der Waals surface area contributed by atoms with E-state index < -0.39 is 0 Å². The highest BCUT2D eigenvalue weighted by Gasteiger charge is 2.10. The molecule has 1 aromatic rings. The van der Waals surface area contributed by atoms with Crippen LogP contribution in [-0.2, 0) is 4.79 Å². The van der Waals surface area contributed by atoms with Crippen LogP contribution < -0.4 is 11.1 Å². The highest BCUT2D eigenvalue weighted by molar-refractivity contribution is 5.91. The summed E-state index contributed by atoms with van der Waals surface area (Å²) < 4.78 is 0. The summed E-state index contributed by atoms with van der Waals surface area (Å²) >= 11 is 0. The second kappa shape index (κ2) is 6.72. The first kappa shape index (κ1) is 13.3. The molecule has 1 aromatic carbocycles. The van der Waals surface area contributed by atoms with Gasteiger partial charge in [-0.1, -0.05) is 25.3 Å². The predicted octanol–water partition coefficient (Wildman–Crippen LogP) is 1.98. The van der Waals surface area contributed by atoms with Crippen LogP contribution in [-0.4, -0.2) is 12.5 Å². The Hall–Kier alpha value is -1.79. The minimum Gasteiger partial charge on any atom is -0.330 e. The SMILES string of the molecule is C#Cc1cccc(NC(=O)CC(CC)CN)c1. The molecule has 0 fully saturated rings. The lowest BCUT2D eigenvalue weighted by atomic mass is 10.0. The molecule has 0 aliphatic rings. The monoisotopic (exact) mass is 230 g/mol. The summed E-state index contributed by atoms with van der Waals surface area (Å²) in [6.45, 7) is 2.57. The van der Waals surface area contributed by atoms with E-state index in [1.54, 1.807) is 6.07 Å². The number of anilines is 1. The number of rotatable bonds is 5. The normalized spacial score (nSPS) is 11.6. The minimum absolute atomic E-state index is 0.0172. The molecule has 0 saturated carbocycles. The van der Waals surface area contributed by atoms with Gasteiger partial charge in [0.25, 0.3) is 0 Å². The summed E-state index contributed by atoms with van der Waals surface area (Å²) in [6.07, 6.45) is 6.66. The molecule has 0 heterocycles. The fourth-order valence-corrected chi connectivity index (χ4v) is 1.56. The van der Waals surface area contributed by atoms with E-state index in [-0.39, 0.29) is 11.8 Å². The van der Waals surface area contributed by atoms with Crippen molar-refractivity contribution < 1.29 is 4.79 Å². The molecule has 0 bridgehead atoms. The van der Waals surface area contributed by atoms with Crippen molar-refractivity contribution in [1.29, 1.82) is 0 Å². The van der Waals surface area contributed by atoms with Gasteiger partial charge < -0.3 is 11.1 Å². The second-order valence-corrected chi connectivity index (χ2v) is 3.99. The summed E-state index contributed by atoms with van der Waals surface area (Å²) in [5.74, 6) is 2.76. The first-order valence-electron chi connectivity index (χ1n) is 5.76. The Morgan fingerprint density at radius 1 is 1.59 bits per heavy atom. The van der Waals surface area contributed by atoms with E-state index in [1.807, 2.05) is 25.1 Å². The van der Waals surface area contributed by atoms with E-state index in [0.717, 1.165) is 17.7 Å². The third-order valence-corrected chi connectivity index (χ3v) is 2.70. The molecule has 1 atom stereocenters. The van der Waals surface area contributed by atoms with Crippen molar-refractivity contribution in [3.05, 3.63) is 29.8 Å². The Morgan fingerprint density at radius 3 is 2.94 bits per heavy atom. The van der Waals surface area contributed by atoms with Crippen LogP contribution in [0.15, 0.2) is 24.3 Å². The number of terminal acetylenes is 1. The summed E-state index contributed by atoms with van der Waals surface area (Å²) in [5.41, 5.74) is 7.06. The molecular formula is C14H18N2O. The summed E-state index contributed by atoms with van der Waals surface area (Å²) in [7, 11) is 0. The van der Waals surface area contributed by atoms with Crippen LogP contribution in [0.25, 0.3) is 0 Å². The van der Waals surface area contributed by atoms with E-state index in [1.165, 1.54) is 0 Å². The van der Waals surface area contributed by atoms with Gasteiger partial charge in [-0.25, -0.2) is 0 Å². The zero-order valence-electron chi connectivity index (χ0n) is 10.1. The van der Waals surface area contributed by atoms with Gasteiger partial charge in [-0.15, -0.1) is 6.42 Å². The predicted molar refractivity (Wildman–Crippen MR) is 70.5 cm³/mol. The number of benzene rings is 1. The maximum absolute atomic E-state index is 11.7. The van der Waals surface area contributed by atoms with Gasteiger partial charge in [0, 0.05) is 17.7 Å². The Balaban J connectivity index is 2.59. The number of nitrogens with two attached hydrogens (primary N) is 1. The van der Waals surface area contributed by atoms with Gasteiger partial charge in [-0.3, -0.25) is 4.79 Å². The van der Waals surface area contributed by atoms with Gasteiger partial charge in [0.1, 0.15) is 0 Å². The molecule has 0 aliphatic carbocycles. The maximum atomic E-state index is 11.7. The van der Waals surface area contributed by atoms with Gasteiger partial charge in [0.15, 0.2) is 0 Å². The highest BCUT2D eigenvalue weighted by atomic mass is 16.1. The van der Waals surface area contributed by atoms with Crippen molar-refractivity contribution in [2.75, 3.05) is 11.9 Å². The number of carbonyl (C=O) groups is 1. The van der Waals surface area contributed by atoms with Gasteiger partial charge >= 0.3 is 0 Å². The van der Waals surface area contributed by atoms with Crippen molar-refractivity contribution in [1.82, 2.24) is 0 Å². The quantitative estimate of drug-likeness (QED) is 0.760. The van der Waals surface area contributed by atoms with Crippen molar-refractivity contribution in [2.24, 2.45) is 11.7 Å². The number of hydrogen-bond acceptors (Lipinski definition) is 2. The molecule has 1 rings (SSSR count). The lowest BCUT2D eigenvalue weighted by Gasteiger charge is -2.12. The van der Waals surface area contributed by atoms with Crippen LogP contribution in [0.5, 0.6) is 0 Å². The van der Waals surface area contributed by atoms with Crippen LogP contribution in [0.2, 0.25) is 0 Å². The number of hydrogen-bond donors (Lipinski definition) is 2. The van der Waals surface area contributed by atoms with Crippen molar-refractivity contribution in [3.8, 4) is 12.3 Å². The van der Waals surface area contributed by atoms with Crippen molar-refractivity contribution in [3.63, 3.8) is 0 Å². The lowest BCUT2D eigenvalue weighted by Crippen LogP contribution is -2.21. The molecule has 3 heteroatoms. The van der Waals surface area contributed by atoms with E-state index >= 15 is 0 Å². The van der Waals surface area contributed by atoms with E-state index in [9.17, 15) is 4.79 Å². The van der Waals surface area contributed by atoms with Crippen LogP contribution >= 0.6 is 0 Å². The largest absolute Gasteiger partial charge is 0.330 e. The molecule has 0 radical (unpaired) electrons. The molecule has 1 unspecified atom stereocenters. The molecular weight excluding hydrogens is 212 g/mol. The molecule has 90 valence electrons. The first-order valence-corrected chi connectivity index (χ1v) is 5.76. The van der Waals surface area contributed by atoms with E-state index in [2.05, 4.69) is 11.2 Å². The third kappa shape index (κ3) is 4.29. The average Bonchev–Trinajstić information content (AvgIpc) is 2.36. The van der Waals surface area contributed by atoms with Crippen LogP contribution in [0.4, 0.5) is 5.69 Å². The van der Waals surface area contributed by atoms with Gasteiger partial charge in [-0.2, -0.15) is 0 Å². The maximum Gasteiger partial charge on any atom is 0.224 e. The van der Waals surface area contributed by atoms with Crippen molar-refractivity contribution in [2.45, 2.75) is 19.8 Å². The Kier molecular flexibility index (Phi) is 5.25. The fraction of sp³-hybridized carbons (Fsp3) is 0.357. The molecule has 1 amide bonds. The number of amides is 1. The molecule has 0 spiro atoms. The Bertz CT molecular complexity index is 416. The second-order valence-electron chi connectivity index (χ2n) is 3.99. The van der Waals surface area contributed by atoms with Crippen LogP contribution in [0.3, 0.4) is 0 Å². The number of nitrogens with one attached hydrogen (secondary N) is 1. The molecule has 0 aliphatic heterocycles. The van der Waals surface area contributed by atoms with E-state index in [4.69, 9.17) is 12.2 Å². The molecule has 17 heavy (non-hydrogen) atoms. The Labute approximate surface area is 102 Å². The summed E-state index contributed by atoms with van der Waals surface area (Å²) in [4.78, 5) is 11.7. The molecule has 0 saturated heterocycles. The van der Waals surface area contributed by atoms with Crippen molar-refractivity contribution >= 4 is 11.6 Å². The molecule has 3 N–H and O–H groups in total. The average molecular weight is 230 g/mol. The summed E-state index contributed by atoms with van der Waals surface area (Å²) in [5, 5.41) is 2.83. The summed E-state index contributed by atoms with van der Waals surface area (Å²) in [6, 6.07) is 7.25. The van der Waals surface area contributed by atoms with Gasteiger partial charge in [0.2, 0.25) is 5.91 Å². The zero-order valence-corrected chi connectivity index (χ0v) is 10.1. The van der Waals surface area contributed by atoms with Crippen LogP contribution in [0, 0.1) is 18.3 Å². The first-order chi connectivity index (χ1) is 8.19. The van der Waals surface area contributed by atoms with E-state index in [0.29, 0.717) is 13.0 Å². The molecule has 3 nitrogen and oxygen atoms in total. The Morgan fingerprint density at radius 2 is 2.35 bits per heavy atom. The smallest absolute Gasteiger partial charge is 0.224 e. The minimum atomic E-state index is -0.0172. The van der Waals surface area contributed by atoms with Gasteiger partial charge in [-0.05, 0) is 30.7 Å². The lowest BCUT2D eigenvalue weighted by molar-refractivity contribution is -0.117. The zero-order chi connectivity index (χ0) is 12.7. The van der Waals surface area contributed by atoms with Gasteiger partial charge in [0.05, 0.1) is 0 Å². The highest BCUT2D eigenvalue weighted by Crippen LogP contribution is 2.12. The topological polar surface area (TPSA) is 55.1 Å². The number of carbonyl (C=O) groups excluding carboxylic acids is 1. The molecule has 0 aromatic heterocycles.